The molecule has 186 valence electrons. The van der Waals surface area contributed by atoms with E-state index < -0.39 is 17.7 Å². The van der Waals surface area contributed by atoms with Crippen LogP contribution in [0.3, 0.4) is 0 Å². The van der Waals surface area contributed by atoms with Crippen molar-refractivity contribution in [3.8, 4) is 11.5 Å². The van der Waals surface area contributed by atoms with Crippen molar-refractivity contribution in [3.63, 3.8) is 0 Å². The van der Waals surface area contributed by atoms with Gasteiger partial charge in [-0.15, -0.1) is 0 Å². The van der Waals surface area contributed by atoms with Crippen molar-refractivity contribution in [2.45, 2.75) is 38.8 Å². The van der Waals surface area contributed by atoms with Gasteiger partial charge in [0.25, 0.3) is 11.7 Å². The van der Waals surface area contributed by atoms with E-state index in [1.807, 2.05) is 12.1 Å². The van der Waals surface area contributed by atoms with E-state index in [2.05, 4.69) is 11.9 Å². The number of pyridine rings is 1. The van der Waals surface area contributed by atoms with Crippen LogP contribution in [0.15, 0.2) is 78.5 Å². The first-order chi connectivity index (χ1) is 17.5. The standard InChI is InChI=1S/C29H30N2O5/c1-3-4-7-18-36-23-15-11-21(12-16-23)27(32)25-26(24-8-5-6-17-30-24)31(29(34)28(25)33)19-20-9-13-22(35-2)14-10-20/h5-6,8-17,26,32H,3-4,7,18-19H2,1-2H3/b27-25-. The number of benzene rings is 2. The first-order valence-electron chi connectivity index (χ1n) is 12.1. The molecule has 1 aromatic heterocycles. The fourth-order valence-corrected chi connectivity index (χ4v) is 4.22. The summed E-state index contributed by atoms with van der Waals surface area (Å²) in [4.78, 5) is 32.2. The van der Waals surface area contributed by atoms with Crippen LogP contribution >= 0.6 is 0 Å². The Bertz CT molecular complexity index is 1220. The third kappa shape index (κ3) is 5.40. The maximum absolute atomic E-state index is 13.2. The second kappa shape index (κ2) is 11.5. The lowest BCUT2D eigenvalue weighted by Crippen LogP contribution is -2.29. The molecule has 1 saturated heterocycles. The molecule has 7 nitrogen and oxygen atoms in total. The van der Waals surface area contributed by atoms with E-state index in [0.717, 1.165) is 24.8 Å². The van der Waals surface area contributed by atoms with Crippen LogP contribution in [-0.4, -0.2) is 40.4 Å². The third-order valence-corrected chi connectivity index (χ3v) is 6.16. The third-order valence-electron chi connectivity index (χ3n) is 6.16. The number of methoxy groups -OCH3 is 1. The highest BCUT2D eigenvalue weighted by molar-refractivity contribution is 6.46. The van der Waals surface area contributed by atoms with Crippen LogP contribution in [0.25, 0.3) is 5.76 Å². The molecule has 4 rings (SSSR count). The summed E-state index contributed by atoms with van der Waals surface area (Å²) in [5.41, 5.74) is 1.77. The van der Waals surface area contributed by atoms with Crippen molar-refractivity contribution in [1.82, 2.24) is 9.88 Å². The second-order valence-corrected chi connectivity index (χ2v) is 8.61. The molecule has 0 aliphatic carbocycles. The summed E-state index contributed by atoms with van der Waals surface area (Å²) in [6, 6.07) is 18.7. The fraction of sp³-hybridized carbons (Fsp3) is 0.276. The number of ether oxygens (including phenoxy) is 2. The number of unbranched alkanes of at least 4 members (excludes halogenated alkanes) is 2. The molecule has 2 heterocycles. The smallest absolute Gasteiger partial charge is 0.296 e. The summed E-state index contributed by atoms with van der Waals surface area (Å²) < 4.78 is 11.0. The van der Waals surface area contributed by atoms with Crippen LogP contribution < -0.4 is 9.47 Å². The SMILES string of the molecule is CCCCCOc1ccc(/C(O)=C2/C(=O)C(=O)N(Cc3ccc(OC)cc3)C2c2ccccn2)cc1. The molecular weight excluding hydrogens is 456 g/mol. The molecule has 1 fully saturated rings. The van der Waals surface area contributed by atoms with Gasteiger partial charge < -0.3 is 19.5 Å². The van der Waals surface area contributed by atoms with Crippen molar-refractivity contribution in [2.75, 3.05) is 13.7 Å². The molecule has 1 amide bonds. The van der Waals surface area contributed by atoms with Crippen LogP contribution in [-0.2, 0) is 16.1 Å². The Hall–Kier alpha value is -4.13. The molecule has 1 atom stereocenters. The minimum Gasteiger partial charge on any atom is -0.507 e. The Morgan fingerprint density at radius 3 is 2.33 bits per heavy atom. The lowest BCUT2D eigenvalue weighted by molar-refractivity contribution is -0.140. The average Bonchev–Trinajstić information content (AvgIpc) is 3.17. The number of aromatic nitrogens is 1. The normalized spacial score (nSPS) is 16.8. The lowest BCUT2D eigenvalue weighted by Gasteiger charge is -2.24. The number of ketones is 1. The predicted molar refractivity (Wildman–Crippen MR) is 137 cm³/mol. The quantitative estimate of drug-likeness (QED) is 0.182. The van der Waals surface area contributed by atoms with Gasteiger partial charge in [0.15, 0.2) is 0 Å². The summed E-state index contributed by atoms with van der Waals surface area (Å²) in [6.07, 6.45) is 4.79. The zero-order valence-electron chi connectivity index (χ0n) is 20.5. The number of hydrogen-bond acceptors (Lipinski definition) is 6. The topological polar surface area (TPSA) is 89.0 Å². The van der Waals surface area contributed by atoms with Gasteiger partial charge in [0.2, 0.25) is 0 Å². The van der Waals surface area contributed by atoms with Gasteiger partial charge in [-0.3, -0.25) is 14.6 Å². The number of aliphatic hydroxyl groups excluding tert-OH is 1. The summed E-state index contributed by atoms with van der Waals surface area (Å²) in [7, 11) is 1.58. The zero-order valence-corrected chi connectivity index (χ0v) is 20.5. The van der Waals surface area contributed by atoms with Crippen molar-refractivity contribution < 1.29 is 24.2 Å². The average molecular weight is 487 g/mol. The van der Waals surface area contributed by atoms with Gasteiger partial charge in [-0.1, -0.05) is 38.0 Å². The van der Waals surface area contributed by atoms with E-state index in [1.54, 1.807) is 67.9 Å². The summed E-state index contributed by atoms with van der Waals surface area (Å²) in [5, 5.41) is 11.2. The van der Waals surface area contributed by atoms with Gasteiger partial charge in [-0.2, -0.15) is 0 Å². The molecule has 7 heteroatoms. The maximum atomic E-state index is 13.2. The second-order valence-electron chi connectivity index (χ2n) is 8.61. The molecule has 36 heavy (non-hydrogen) atoms. The molecule has 1 aliphatic rings. The number of likely N-dealkylation sites (tertiary alicyclic amines) is 1. The number of hydrogen-bond donors (Lipinski definition) is 1. The number of carbonyl (C=O) groups excluding carboxylic acids is 2. The number of nitrogens with zero attached hydrogens (tertiary/aromatic N) is 2. The van der Waals surface area contributed by atoms with Gasteiger partial charge >= 0.3 is 0 Å². The first-order valence-corrected chi connectivity index (χ1v) is 12.1. The highest BCUT2D eigenvalue weighted by atomic mass is 16.5. The molecule has 1 N–H and O–H groups in total. The van der Waals surface area contributed by atoms with Crippen molar-refractivity contribution >= 4 is 17.4 Å². The van der Waals surface area contributed by atoms with E-state index in [-0.39, 0.29) is 17.9 Å². The molecular formula is C29H30N2O5. The largest absolute Gasteiger partial charge is 0.507 e. The molecule has 0 bridgehead atoms. The van der Waals surface area contributed by atoms with E-state index in [9.17, 15) is 14.7 Å². The minimum atomic E-state index is -0.821. The predicted octanol–water partition coefficient (Wildman–Crippen LogP) is 5.28. The Labute approximate surface area is 211 Å². The van der Waals surface area contributed by atoms with Crippen LogP contribution in [0.5, 0.6) is 11.5 Å². The van der Waals surface area contributed by atoms with Gasteiger partial charge in [0, 0.05) is 18.3 Å². The molecule has 0 spiro atoms. The Morgan fingerprint density at radius 1 is 0.972 bits per heavy atom. The van der Waals surface area contributed by atoms with E-state index in [1.165, 1.54) is 4.90 Å². The Morgan fingerprint density at radius 2 is 1.69 bits per heavy atom. The number of Topliss-reactive ketones (excluding diaryl/α,β-unsaturated/α-hetero) is 1. The first kappa shape index (κ1) is 25.0. The van der Waals surface area contributed by atoms with Crippen LogP contribution in [0, 0.1) is 0 Å². The Balaban J connectivity index is 1.67. The maximum Gasteiger partial charge on any atom is 0.296 e. The number of aliphatic hydroxyl groups is 1. The molecule has 1 unspecified atom stereocenters. The number of carbonyl (C=O) groups is 2. The van der Waals surface area contributed by atoms with Crippen molar-refractivity contribution in [1.29, 1.82) is 0 Å². The minimum absolute atomic E-state index is 0.0174. The van der Waals surface area contributed by atoms with Gasteiger partial charge in [-0.25, -0.2) is 0 Å². The van der Waals surface area contributed by atoms with Gasteiger partial charge in [0.1, 0.15) is 23.3 Å². The fourth-order valence-electron chi connectivity index (χ4n) is 4.22. The lowest BCUT2D eigenvalue weighted by atomic mass is 9.98. The van der Waals surface area contributed by atoms with Crippen molar-refractivity contribution in [3.05, 3.63) is 95.3 Å². The van der Waals surface area contributed by atoms with Crippen LogP contribution in [0.1, 0.15) is 49.0 Å². The summed E-state index contributed by atoms with van der Waals surface area (Å²) in [6.45, 7) is 2.93. The van der Waals surface area contributed by atoms with Crippen LogP contribution in [0.4, 0.5) is 0 Å². The Kier molecular flexibility index (Phi) is 8.00. The molecule has 3 aromatic rings. The van der Waals surface area contributed by atoms with Crippen LogP contribution in [0.2, 0.25) is 0 Å². The van der Waals surface area contributed by atoms with Crippen molar-refractivity contribution in [2.24, 2.45) is 0 Å². The van der Waals surface area contributed by atoms with E-state index in [4.69, 9.17) is 9.47 Å². The van der Waals surface area contributed by atoms with Gasteiger partial charge in [-0.05, 0) is 60.5 Å². The summed E-state index contributed by atoms with van der Waals surface area (Å²) in [5.74, 6) is -0.280. The molecule has 2 aromatic carbocycles. The summed E-state index contributed by atoms with van der Waals surface area (Å²) >= 11 is 0. The molecule has 1 aliphatic heterocycles. The van der Waals surface area contributed by atoms with E-state index >= 15 is 0 Å². The highest BCUT2D eigenvalue weighted by Gasteiger charge is 2.46. The van der Waals surface area contributed by atoms with E-state index in [0.29, 0.717) is 29.4 Å². The molecule has 0 saturated carbocycles. The monoisotopic (exact) mass is 486 g/mol. The zero-order chi connectivity index (χ0) is 25.5. The van der Waals surface area contributed by atoms with Gasteiger partial charge in [0.05, 0.1) is 25.0 Å². The molecule has 0 radical (unpaired) electrons. The number of rotatable bonds is 10. The number of amides is 1. The highest BCUT2D eigenvalue weighted by Crippen LogP contribution is 2.39.